The van der Waals surface area contributed by atoms with Crippen molar-refractivity contribution in [2.75, 3.05) is 6.54 Å². The number of carbonyl (C=O) groups excluding carboxylic acids is 1. The molecule has 0 aliphatic carbocycles. The van der Waals surface area contributed by atoms with Crippen molar-refractivity contribution in [3.05, 3.63) is 90.3 Å². The number of rotatable bonds is 7. The Morgan fingerprint density at radius 3 is 2.65 bits per heavy atom. The summed E-state index contributed by atoms with van der Waals surface area (Å²) in [7, 11) is 0. The van der Waals surface area contributed by atoms with Crippen LogP contribution in [-0.4, -0.2) is 17.4 Å². The fourth-order valence-corrected chi connectivity index (χ4v) is 3.28. The first kappa shape index (κ1) is 22.3. The molecule has 0 saturated carbocycles. The minimum Gasteiger partial charge on any atom is -0.351 e. The maximum Gasteiger partial charge on any atom is 0.237 e. The van der Waals surface area contributed by atoms with E-state index in [2.05, 4.69) is 76.8 Å². The van der Waals surface area contributed by atoms with E-state index >= 15 is 0 Å². The number of aromatic nitrogens is 1. The van der Waals surface area contributed by atoms with E-state index in [1.807, 2.05) is 32.1 Å². The molecule has 2 N–H and O–H groups in total. The number of hydrogen-bond donors (Lipinski definition) is 2. The number of hydrogen-bond acceptors (Lipinski definition) is 3. The summed E-state index contributed by atoms with van der Waals surface area (Å²) in [5.74, 6) is 5.97. The maximum atomic E-state index is 12.4. The average Bonchev–Trinajstić information content (AvgIpc) is 2.79. The molecule has 4 nitrogen and oxygen atoms in total. The Hall–Kier alpha value is -3.42. The summed E-state index contributed by atoms with van der Waals surface area (Å²) < 4.78 is 0. The average molecular weight is 412 g/mol. The smallest absolute Gasteiger partial charge is 0.237 e. The van der Waals surface area contributed by atoms with Crippen LogP contribution in [0.3, 0.4) is 0 Å². The van der Waals surface area contributed by atoms with E-state index in [0.29, 0.717) is 13.1 Å². The van der Waals surface area contributed by atoms with E-state index in [0.717, 1.165) is 5.56 Å². The Kier molecular flexibility index (Phi) is 7.59. The summed E-state index contributed by atoms with van der Waals surface area (Å²) in [5, 5.41) is 8.97. The molecule has 1 aromatic heterocycles. The highest BCUT2D eigenvalue weighted by atomic mass is 16.2. The Labute approximate surface area is 184 Å². The van der Waals surface area contributed by atoms with Gasteiger partial charge in [0.25, 0.3) is 0 Å². The summed E-state index contributed by atoms with van der Waals surface area (Å²) >= 11 is 0. The highest BCUT2D eigenvalue weighted by Gasteiger charge is 2.24. The van der Waals surface area contributed by atoms with Crippen LogP contribution in [0.4, 0.5) is 0 Å². The number of nitrogens with one attached hydrogen (secondary N) is 2. The standard InChI is InChI=1S/C27H29N3O/c1-21(24-13-9-11-23-10-5-6-12-25(23)24)29-17-8-4-7-16-27(2,3)26(31)30-20-22-14-18-28-19-15-22/h4-6,8-15,18-19,21,29H,17,20H2,1-3H3,(H,30,31)/b8-4+/t21-/m1/s1. The van der Waals surface area contributed by atoms with E-state index in [1.54, 1.807) is 18.5 Å². The zero-order chi connectivity index (χ0) is 22.1. The molecule has 0 spiro atoms. The molecule has 0 bridgehead atoms. The molecule has 1 amide bonds. The van der Waals surface area contributed by atoms with Gasteiger partial charge in [-0.2, -0.15) is 0 Å². The van der Waals surface area contributed by atoms with Crippen LogP contribution in [0.2, 0.25) is 0 Å². The lowest BCUT2D eigenvalue weighted by Gasteiger charge is -2.17. The topological polar surface area (TPSA) is 54.0 Å². The highest BCUT2D eigenvalue weighted by Crippen LogP contribution is 2.23. The van der Waals surface area contributed by atoms with Gasteiger partial charge in [-0.05, 0) is 60.9 Å². The Morgan fingerprint density at radius 2 is 1.84 bits per heavy atom. The first-order valence-corrected chi connectivity index (χ1v) is 10.5. The maximum absolute atomic E-state index is 12.4. The molecule has 0 fully saturated rings. The quantitative estimate of drug-likeness (QED) is 0.550. The lowest BCUT2D eigenvalue weighted by atomic mass is 9.93. The normalized spacial score (nSPS) is 12.4. The van der Waals surface area contributed by atoms with Gasteiger partial charge in [0.15, 0.2) is 0 Å². The van der Waals surface area contributed by atoms with E-state index in [1.165, 1.54) is 16.3 Å². The predicted octanol–water partition coefficient (Wildman–Crippen LogP) is 4.79. The molecule has 2 aromatic carbocycles. The van der Waals surface area contributed by atoms with Crippen molar-refractivity contribution < 1.29 is 4.79 Å². The Balaban J connectivity index is 1.49. The zero-order valence-corrected chi connectivity index (χ0v) is 18.4. The second kappa shape index (κ2) is 10.6. The van der Waals surface area contributed by atoms with Gasteiger partial charge in [-0.1, -0.05) is 60.4 Å². The van der Waals surface area contributed by atoms with Crippen LogP contribution in [-0.2, 0) is 11.3 Å². The SMILES string of the molecule is C[C@@H](NC/C=C/C#CC(C)(C)C(=O)NCc1ccncc1)c1cccc2ccccc12. The number of allylic oxidation sites excluding steroid dienone is 1. The van der Waals surface area contributed by atoms with Crippen LogP contribution >= 0.6 is 0 Å². The largest absolute Gasteiger partial charge is 0.351 e. The molecule has 0 unspecified atom stereocenters. The molecule has 4 heteroatoms. The van der Waals surface area contributed by atoms with Crippen LogP contribution in [0, 0.1) is 17.3 Å². The number of carbonyl (C=O) groups is 1. The van der Waals surface area contributed by atoms with Crippen molar-refractivity contribution in [1.29, 1.82) is 0 Å². The van der Waals surface area contributed by atoms with Crippen molar-refractivity contribution in [2.24, 2.45) is 5.41 Å². The number of amides is 1. The fourth-order valence-electron chi connectivity index (χ4n) is 3.28. The Morgan fingerprint density at radius 1 is 1.10 bits per heavy atom. The van der Waals surface area contributed by atoms with Crippen LogP contribution in [0.25, 0.3) is 10.8 Å². The van der Waals surface area contributed by atoms with Gasteiger partial charge in [0, 0.05) is 31.5 Å². The van der Waals surface area contributed by atoms with Gasteiger partial charge < -0.3 is 10.6 Å². The summed E-state index contributed by atoms with van der Waals surface area (Å²) in [4.78, 5) is 16.4. The summed E-state index contributed by atoms with van der Waals surface area (Å²) in [6.45, 7) is 7.00. The van der Waals surface area contributed by atoms with Gasteiger partial charge in [-0.3, -0.25) is 9.78 Å². The van der Waals surface area contributed by atoms with Crippen molar-refractivity contribution in [3.63, 3.8) is 0 Å². The molecule has 31 heavy (non-hydrogen) atoms. The molecule has 3 aromatic rings. The zero-order valence-electron chi connectivity index (χ0n) is 18.4. The second-order valence-corrected chi connectivity index (χ2v) is 8.03. The van der Waals surface area contributed by atoms with E-state index in [-0.39, 0.29) is 11.9 Å². The van der Waals surface area contributed by atoms with Gasteiger partial charge in [0.1, 0.15) is 5.41 Å². The molecule has 1 atom stereocenters. The molecular formula is C27H29N3O. The predicted molar refractivity (Wildman–Crippen MR) is 127 cm³/mol. The summed E-state index contributed by atoms with van der Waals surface area (Å²) in [5.41, 5.74) is 1.53. The molecule has 158 valence electrons. The van der Waals surface area contributed by atoms with Crippen molar-refractivity contribution in [1.82, 2.24) is 15.6 Å². The number of pyridine rings is 1. The van der Waals surface area contributed by atoms with Gasteiger partial charge in [-0.15, -0.1) is 0 Å². The Bertz CT molecular complexity index is 1100. The van der Waals surface area contributed by atoms with Gasteiger partial charge >= 0.3 is 0 Å². The number of benzene rings is 2. The fraction of sp³-hybridized carbons (Fsp3) is 0.259. The molecule has 0 radical (unpaired) electrons. The molecular weight excluding hydrogens is 382 g/mol. The van der Waals surface area contributed by atoms with E-state index in [4.69, 9.17) is 0 Å². The van der Waals surface area contributed by atoms with Crippen LogP contribution in [0.5, 0.6) is 0 Å². The molecule has 3 rings (SSSR count). The number of fused-ring (bicyclic) bond motifs is 1. The lowest BCUT2D eigenvalue weighted by molar-refractivity contribution is -0.126. The van der Waals surface area contributed by atoms with Crippen LogP contribution < -0.4 is 10.6 Å². The minimum absolute atomic E-state index is 0.0899. The molecule has 0 aliphatic heterocycles. The van der Waals surface area contributed by atoms with Gasteiger partial charge in [0.05, 0.1) is 0 Å². The second-order valence-electron chi connectivity index (χ2n) is 8.03. The van der Waals surface area contributed by atoms with Crippen molar-refractivity contribution in [3.8, 4) is 11.8 Å². The third-order valence-corrected chi connectivity index (χ3v) is 5.19. The minimum atomic E-state index is -0.763. The van der Waals surface area contributed by atoms with Crippen LogP contribution in [0.15, 0.2) is 79.1 Å². The molecule has 0 aliphatic rings. The van der Waals surface area contributed by atoms with E-state index in [9.17, 15) is 4.79 Å². The first-order valence-electron chi connectivity index (χ1n) is 10.5. The monoisotopic (exact) mass is 411 g/mol. The third kappa shape index (κ3) is 6.28. The van der Waals surface area contributed by atoms with E-state index < -0.39 is 5.41 Å². The van der Waals surface area contributed by atoms with Crippen LogP contribution in [0.1, 0.15) is 37.9 Å². The lowest BCUT2D eigenvalue weighted by Crippen LogP contribution is -2.35. The van der Waals surface area contributed by atoms with Gasteiger partial charge in [-0.25, -0.2) is 0 Å². The first-order chi connectivity index (χ1) is 15.0. The number of nitrogens with zero attached hydrogens (tertiary/aromatic N) is 1. The molecule has 0 saturated heterocycles. The summed E-state index contributed by atoms with van der Waals surface area (Å²) in [6.07, 6.45) is 7.22. The summed E-state index contributed by atoms with van der Waals surface area (Å²) in [6, 6.07) is 18.8. The van der Waals surface area contributed by atoms with Gasteiger partial charge in [0.2, 0.25) is 5.91 Å². The van der Waals surface area contributed by atoms with Crippen molar-refractivity contribution >= 4 is 16.7 Å². The van der Waals surface area contributed by atoms with Crippen molar-refractivity contribution in [2.45, 2.75) is 33.4 Å². The molecule has 1 heterocycles. The highest BCUT2D eigenvalue weighted by molar-refractivity contribution is 5.86. The third-order valence-electron chi connectivity index (χ3n) is 5.19.